The minimum Gasteiger partial charge on any atom is -0.313 e. The average Bonchev–Trinajstić information content (AvgIpc) is 2.95. The molecule has 0 saturated heterocycles. The van der Waals surface area contributed by atoms with Gasteiger partial charge in [-0.1, -0.05) is 30.7 Å². The van der Waals surface area contributed by atoms with Gasteiger partial charge in [0.1, 0.15) is 0 Å². The summed E-state index contributed by atoms with van der Waals surface area (Å²) >= 11 is 0. The molecule has 0 spiro atoms. The van der Waals surface area contributed by atoms with Crippen LogP contribution in [-0.2, 0) is 0 Å². The molecule has 92 valence electrons. The number of rotatable bonds is 3. The molecular formula is C16H23N. The van der Waals surface area contributed by atoms with Crippen molar-refractivity contribution in [3.05, 3.63) is 35.4 Å². The summed E-state index contributed by atoms with van der Waals surface area (Å²) in [7, 11) is 2.13. The topological polar surface area (TPSA) is 12.0 Å². The maximum Gasteiger partial charge on any atom is 0.0351 e. The van der Waals surface area contributed by atoms with E-state index < -0.39 is 0 Å². The Hall–Kier alpha value is -0.820. The van der Waals surface area contributed by atoms with Gasteiger partial charge in [-0.3, -0.25) is 0 Å². The second-order valence-electron chi connectivity index (χ2n) is 5.96. The number of hydrogen-bond acceptors (Lipinski definition) is 1. The number of benzene rings is 1. The van der Waals surface area contributed by atoms with E-state index in [1.165, 1.54) is 36.8 Å². The van der Waals surface area contributed by atoms with Gasteiger partial charge in [0, 0.05) is 6.04 Å². The first-order chi connectivity index (χ1) is 8.29. The molecule has 1 aromatic carbocycles. The molecule has 1 heteroatoms. The maximum atomic E-state index is 3.59. The van der Waals surface area contributed by atoms with Crippen LogP contribution in [0.2, 0.25) is 0 Å². The monoisotopic (exact) mass is 229 g/mol. The number of hydrogen-bond donors (Lipinski definition) is 1. The minimum absolute atomic E-state index is 0.575. The van der Waals surface area contributed by atoms with Gasteiger partial charge in [0.15, 0.2) is 0 Å². The Balaban J connectivity index is 1.87. The summed E-state index contributed by atoms with van der Waals surface area (Å²) in [6, 6.07) is 9.45. The van der Waals surface area contributed by atoms with Gasteiger partial charge in [0.25, 0.3) is 0 Å². The van der Waals surface area contributed by atoms with Gasteiger partial charge in [-0.2, -0.15) is 0 Å². The van der Waals surface area contributed by atoms with Crippen molar-refractivity contribution in [1.82, 2.24) is 5.32 Å². The quantitative estimate of drug-likeness (QED) is 0.833. The Morgan fingerprint density at radius 3 is 2.59 bits per heavy atom. The molecule has 0 aliphatic heterocycles. The van der Waals surface area contributed by atoms with E-state index in [4.69, 9.17) is 0 Å². The summed E-state index contributed by atoms with van der Waals surface area (Å²) in [5, 5.41) is 3.59. The predicted octanol–water partition coefficient (Wildman–Crippen LogP) is 3.69. The van der Waals surface area contributed by atoms with Crippen LogP contribution in [0.15, 0.2) is 24.3 Å². The van der Waals surface area contributed by atoms with Crippen LogP contribution in [0.1, 0.15) is 42.9 Å². The molecule has 0 amide bonds. The first-order valence-corrected chi connectivity index (χ1v) is 7.02. The smallest absolute Gasteiger partial charge is 0.0351 e. The Morgan fingerprint density at radius 2 is 2.00 bits per heavy atom. The average molecular weight is 229 g/mol. The highest BCUT2D eigenvalue weighted by molar-refractivity contribution is 5.29. The van der Waals surface area contributed by atoms with Gasteiger partial charge in [-0.05, 0) is 62.1 Å². The fourth-order valence-electron chi connectivity index (χ4n) is 4.24. The zero-order valence-electron chi connectivity index (χ0n) is 10.9. The van der Waals surface area contributed by atoms with Gasteiger partial charge < -0.3 is 5.32 Å². The second kappa shape index (κ2) is 4.45. The van der Waals surface area contributed by atoms with Crippen molar-refractivity contribution in [2.45, 2.75) is 38.6 Å². The number of aryl methyl sites for hydroxylation is 1. The van der Waals surface area contributed by atoms with Gasteiger partial charge >= 0.3 is 0 Å². The SMILES string of the molecule is CNC(c1ccccc1C)C1CC2CCC1C2. The lowest BCUT2D eigenvalue weighted by molar-refractivity contribution is 0.259. The molecular weight excluding hydrogens is 206 g/mol. The minimum atomic E-state index is 0.575. The molecule has 2 aliphatic rings. The van der Waals surface area contributed by atoms with Gasteiger partial charge in [0.2, 0.25) is 0 Å². The van der Waals surface area contributed by atoms with Crippen molar-refractivity contribution >= 4 is 0 Å². The van der Waals surface area contributed by atoms with Crippen molar-refractivity contribution in [1.29, 1.82) is 0 Å². The third-order valence-corrected chi connectivity index (χ3v) is 5.06. The van der Waals surface area contributed by atoms with Crippen LogP contribution in [-0.4, -0.2) is 7.05 Å². The Morgan fingerprint density at radius 1 is 1.18 bits per heavy atom. The van der Waals surface area contributed by atoms with Crippen molar-refractivity contribution in [2.75, 3.05) is 7.05 Å². The van der Waals surface area contributed by atoms with E-state index in [9.17, 15) is 0 Å². The van der Waals surface area contributed by atoms with Crippen LogP contribution in [0.25, 0.3) is 0 Å². The fourth-order valence-corrected chi connectivity index (χ4v) is 4.24. The molecule has 2 aliphatic carbocycles. The summed E-state index contributed by atoms with van der Waals surface area (Å²) in [4.78, 5) is 0. The van der Waals surface area contributed by atoms with E-state index in [0.717, 1.165) is 17.8 Å². The molecule has 0 heterocycles. The molecule has 2 bridgehead atoms. The highest BCUT2D eigenvalue weighted by Crippen LogP contribution is 2.52. The maximum absolute atomic E-state index is 3.59. The normalized spacial score (nSPS) is 32.9. The van der Waals surface area contributed by atoms with Crippen LogP contribution < -0.4 is 5.32 Å². The van der Waals surface area contributed by atoms with E-state index in [0.29, 0.717) is 6.04 Å². The van der Waals surface area contributed by atoms with Gasteiger partial charge in [-0.25, -0.2) is 0 Å². The van der Waals surface area contributed by atoms with Crippen LogP contribution in [0.4, 0.5) is 0 Å². The molecule has 1 nitrogen and oxygen atoms in total. The van der Waals surface area contributed by atoms with Gasteiger partial charge in [0.05, 0.1) is 0 Å². The van der Waals surface area contributed by atoms with E-state index in [1.54, 1.807) is 0 Å². The predicted molar refractivity (Wildman–Crippen MR) is 71.9 cm³/mol. The summed E-state index contributed by atoms with van der Waals surface area (Å²) in [5.41, 5.74) is 2.96. The summed E-state index contributed by atoms with van der Waals surface area (Å²) in [5.74, 6) is 2.89. The van der Waals surface area contributed by atoms with Crippen LogP contribution >= 0.6 is 0 Å². The summed E-state index contributed by atoms with van der Waals surface area (Å²) < 4.78 is 0. The Labute approximate surface area is 105 Å². The molecule has 0 aromatic heterocycles. The zero-order chi connectivity index (χ0) is 11.8. The lowest BCUT2D eigenvalue weighted by Gasteiger charge is -2.31. The first-order valence-electron chi connectivity index (χ1n) is 7.02. The molecule has 1 aromatic rings. The molecule has 1 N–H and O–H groups in total. The van der Waals surface area contributed by atoms with E-state index >= 15 is 0 Å². The lowest BCUT2D eigenvalue weighted by atomic mass is 9.79. The van der Waals surface area contributed by atoms with Crippen molar-refractivity contribution < 1.29 is 0 Å². The Bertz CT molecular complexity index is 398. The van der Waals surface area contributed by atoms with Crippen molar-refractivity contribution in [3.63, 3.8) is 0 Å². The number of nitrogens with one attached hydrogen (secondary N) is 1. The summed E-state index contributed by atoms with van der Waals surface area (Å²) in [6.07, 6.45) is 5.91. The zero-order valence-corrected chi connectivity index (χ0v) is 10.9. The van der Waals surface area contributed by atoms with Crippen molar-refractivity contribution in [3.8, 4) is 0 Å². The summed E-state index contributed by atoms with van der Waals surface area (Å²) in [6.45, 7) is 2.24. The van der Waals surface area contributed by atoms with Crippen molar-refractivity contribution in [2.24, 2.45) is 17.8 Å². The molecule has 3 rings (SSSR count). The molecule has 2 fully saturated rings. The molecule has 2 saturated carbocycles. The van der Waals surface area contributed by atoms with Crippen LogP contribution in [0, 0.1) is 24.7 Å². The highest BCUT2D eigenvalue weighted by atomic mass is 14.9. The van der Waals surface area contributed by atoms with E-state index in [1.807, 2.05) is 0 Å². The highest BCUT2D eigenvalue weighted by Gasteiger charge is 2.43. The third kappa shape index (κ3) is 1.91. The molecule has 4 atom stereocenters. The number of fused-ring (bicyclic) bond motifs is 2. The Kier molecular flexibility index (Phi) is 2.96. The standard InChI is InChI=1S/C16H23N/c1-11-5-3-4-6-14(11)16(17-2)15-10-12-7-8-13(15)9-12/h3-6,12-13,15-17H,7-10H2,1-2H3. The first kappa shape index (κ1) is 11.3. The third-order valence-electron chi connectivity index (χ3n) is 5.06. The lowest BCUT2D eigenvalue weighted by Crippen LogP contribution is -2.29. The molecule has 17 heavy (non-hydrogen) atoms. The van der Waals surface area contributed by atoms with Crippen LogP contribution in [0.3, 0.4) is 0 Å². The largest absolute Gasteiger partial charge is 0.313 e. The molecule has 0 radical (unpaired) electrons. The van der Waals surface area contributed by atoms with E-state index in [2.05, 4.69) is 43.6 Å². The van der Waals surface area contributed by atoms with Crippen LogP contribution in [0.5, 0.6) is 0 Å². The molecule has 4 unspecified atom stereocenters. The van der Waals surface area contributed by atoms with E-state index in [-0.39, 0.29) is 0 Å². The second-order valence-corrected chi connectivity index (χ2v) is 5.96. The van der Waals surface area contributed by atoms with Gasteiger partial charge in [-0.15, -0.1) is 0 Å². The fraction of sp³-hybridized carbons (Fsp3) is 0.625.